The van der Waals surface area contributed by atoms with Crippen LogP contribution in [0.2, 0.25) is 5.02 Å². The Morgan fingerprint density at radius 2 is 1.31 bits per heavy atom. The molecular weight excluding hydrogens is 666 g/mol. The number of halogens is 1. The fourth-order valence-electron chi connectivity index (χ4n) is 5.70. The van der Waals surface area contributed by atoms with Crippen molar-refractivity contribution in [2.45, 2.75) is 33.1 Å². The van der Waals surface area contributed by atoms with Gasteiger partial charge in [-0.15, -0.1) is 22.7 Å². The number of benzene rings is 2. The zero-order chi connectivity index (χ0) is 33.6. The average Bonchev–Trinajstić information content (AvgIpc) is 3.81. The summed E-state index contributed by atoms with van der Waals surface area (Å²) in [6.45, 7) is 5.19. The zero-order valence-electron chi connectivity index (χ0n) is 26.7. The molecule has 0 saturated heterocycles. The highest BCUT2D eigenvalue weighted by molar-refractivity contribution is 7.10. The highest BCUT2D eigenvalue weighted by Crippen LogP contribution is 2.39. The molecule has 7 rings (SSSR count). The number of thiophene rings is 2. The molecule has 0 aliphatic rings. The first-order valence-electron chi connectivity index (χ1n) is 15.8. The van der Waals surface area contributed by atoms with Crippen LogP contribution in [0, 0.1) is 18.3 Å². The molecule has 49 heavy (non-hydrogen) atoms. The van der Waals surface area contributed by atoms with E-state index in [9.17, 15) is 5.26 Å². The Morgan fingerprint density at radius 3 is 1.90 bits per heavy atom. The monoisotopic (exact) mass is 697 g/mol. The van der Waals surface area contributed by atoms with Crippen molar-refractivity contribution >= 4 is 56.6 Å². The molecule has 0 aliphatic carbocycles. The van der Waals surface area contributed by atoms with E-state index in [0.29, 0.717) is 16.3 Å². The molecule has 0 atom stereocenters. The van der Waals surface area contributed by atoms with Crippen molar-refractivity contribution in [3.05, 3.63) is 146 Å². The molecule has 5 aromatic heterocycles. The molecule has 3 N–H and O–H groups in total. The first-order valence-corrected chi connectivity index (χ1v) is 17.9. The van der Waals surface area contributed by atoms with Crippen molar-refractivity contribution in [2.24, 2.45) is 0 Å². The zero-order valence-corrected chi connectivity index (χ0v) is 29.1. The van der Waals surface area contributed by atoms with Crippen molar-refractivity contribution in [3.63, 3.8) is 0 Å². The topological polar surface area (TPSA) is 98.5 Å². The van der Waals surface area contributed by atoms with E-state index >= 15 is 0 Å². The van der Waals surface area contributed by atoms with Gasteiger partial charge in [-0.3, -0.25) is 15.0 Å². The van der Waals surface area contributed by atoms with Crippen LogP contribution in [-0.4, -0.2) is 15.0 Å². The fraction of sp³-hybridized carbons (Fsp3) is 0.128. The van der Waals surface area contributed by atoms with Gasteiger partial charge in [-0.2, -0.15) is 5.26 Å². The van der Waals surface area contributed by atoms with Crippen LogP contribution in [0.1, 0.15) is 32.0 Å². The maximum absolute atomic E-state index is 10.0. The molecule has 0 bridgehead atoms. The summed E-state index contributed by atoms with van der Waals surface area (Å²) in [6.07, 6.45) is 8.88. The third-order valence-electron chi connectivity index (χ3n) is 8.26. The second kappa shape index (κ2) is 15.1. The van der Waals surface area contributed by atoms with E-state index in [2.05, 4.69) is 78.1 Å². The Balaban J connectivity index is 1.07. The van der Waals surface area contributed by atoms with Gasteiger partial charge in [-0.1, -0.05) is 23.7 Å². The Bertz CT molecular complexity index is 2240. The number of fused-ring (bicyclic) bond motifs is 1. The first kappa shape index (κ1) is 32.6. The maximum Gasteiger partial charge on any atom is 0.103 e. The van der Waals surface area contributed by atoms with E-state index in [1.807, 2.05) is 68.1 Å². The van der Waals surface area contributed by atoms with Crippen molar-refractivity contribution < 1.29 is 0 Å². The largest absolute Gasteiger partial charge is 0.352 e. The van der Waals surface area contributed by atoms with Crippen LogP contribution < -0.4 is 16.0 Å². The van der Waals surface area contributed by atoms with Crippen LogP contribution in [0.15, 0.2) is 108 Å². The van der Waals surface area contributed by atoms with Crippen LogP contribution in [-0.2, 0) is 26.2 Å². The van der Waals surface area contributed by atoms with Gasteiger partial charge in [0.15, 0.2) is 0 Å². The third-order valence-corrected chi connectivity index (χ3v) is 10.4. The maximum atomic E-state index is 10.0. The minimum absolute atomic E-state index is 0.458. The van der Waals surface area contributed by atoms with Crippen LogP contribution in [0.25, 0.3) is 33.2 Å². The van der Waals surface area contributed by atoms with E-state index in [0.717, 1.165) is 70.6 Å². The number of nitriles is 1. The van der Waals surface area contributed by atoms with Crippen molar-refractivity contribution in [3.8, 4) is 28.3 Å². The first-order chi connectivity index (χ1) is 24.0. The van der Waals surface area contributed by atoms with Crippen LogP contribution >= 0.6 is 34.3 Å². The molecule has 7 nitrogen and oxygen atoms in total. The Labute approximate surface area is 298 Å². The molecule has 0 amide bonds. The summed E-state index contributed by atoms with van der Waals surface area (Å²) in [6, 6.07) is 25.1. The second-order valence-corrected chi connectivity index (χ2v) is 14.1. The van der Waals surface area contributed by atoms with Crippen LogP contribution in [0.3, 0.4) is 0 Å². The van der Waals surface area contributed by atoms with E-state index in [-0.39, 0.29) is 0 Å². The van der Waals surface area contributed by atoms with Crippen molar-refractivity contribution in [1.29, 1.82) is 5.26 Å². The summed E-state index contributed by atoms with van der Waals surface area (Å²) in [5, 5.41) is 26.3. The summed E-state index contributed by atoms with van der Waals surface area (Å²) < 4.78 is 0. The van der Waals surface area contributed by atoms with Gasteiger partial charge >= 0.3 is 0 Å². The van der Waals surface area contributed by atoms with Crippen molar-refractivity contribution in [1.82, 2.24) is 25.6 Å². The summed E-state index contributed by atoms with van der Waals surface area (Å²) in [5.41, 5.74) is 10.5. The molecule has 0 fully saturated rings. The van der Waals surface area contributed by atoms with E-state index in [4.69, 9.17) is 11.6 Å². The lowest BCUT2D eigenvalue weighted by Gasteiger charge is -2.16. The molecule has 0 aliphatic heterocycles. The Hall–Kier alpha value is -4.95. The number of nitrogens with one attached hydrogen (secondary N) is 3. The highest BCUT2D eigenvalue weighted by atomic mass is 35.5. The predicted octanol–water partition coefficient (Wildman–Crippen LogP) is 9.64. The molecule has 2 aromatic carbocycles. The van der Waals surface area contributed by atoms with Gasteiger partial charge < -0.3 is 16.0 Å². The van der Waals surface area contributed by atoms with Gasteiger partial charge in [-0.25, -0.2) is 0 Å². The molecule has 0 radical (unpaired) electrons. The molecule has 10 heteroatoms. The van der Waals surface area contributed by atoms with Gasteiger partial charge in [0.1, 0.15) is 6.07 Å². The number of hydrogen-bond acceptors (Lipinski definition) is 9. The summed E-state index contributed by atoms with van der Waals surface area (Å²) in [5.74, 6) is 0. The number of anilines is 2. The number of aryl methyl sites for hydroxylation is 1. The Kier molecular flexibility index (Phi) is 10.0. The molecule has 7 aromatic rings. The van der Waals surface area contributed by atoms with Gasteiger partial charge in [0.25, 0.3) is 0 Å². The van der Waals surface area contributed by atoms with E-state index in [1.54, 1.807) is 28.9 Å². The van der Waals surface area contributed by atoms with E-state index in [1.165, 1.54) is 20.9 Å². The third kappa shape index (κ3) is 7.70. The van der Waals surface area contributed by atoms with Gasteiger partial charge in [-0.05, 0) is 111 Å². The highest BCUT2D eigenvalue weighted by Gasteiger charge is 2.16. The molecule has 242 valence electrons. The average molecular weight is 698 g/mol. The Morgan fingerprint density at radius 1 is 0.694 bits per heavy atom. The fourth-order valence-corrected chi connectivity index (χ4v) is 7.74. The standard InChI is InChI=1S/C39H32ClN7S2/c1-25-12-29(31-14-34(49-24-31)22-45-19-27-6-10-43-11-7-27)15-36(40)38(25)47-39-32(17-41)20-46-37-16-28(2-3-35(37)39)30-13-33(48-23-30)21-44-18-26-4-8-42-9-5-26/h2-16,20,23-24,44-45H,18-19,21-22H2,1H3,(H,46,47). The van der Waals surface area contributed by atoms with E-state index < -0.39 is 0 Å². The van der Waals surface area contributed by atoms with Gasteiger partial charge in [0.2, 0.25) is 0 Å². The number of hydrogen-bond donors (Lipinski definition) is 3. The lowest BCUT2D eigenvalue weighted by molar-refractivity contribution is 0.700. The molecular formula is C39H32ClN7S2. The molecule has 0 unspecified atom stereocenters. The molecule has 0 saturated carbocycles. The lowest BCUT2D eigenvalue weighted by atomic mass is 10.0. The number of rotatable bonds is 12. The predicted molar refractivity (Wildman–Crippen MR) is 202 cm³/mol. The second-order valence-electron chi connectivity index (χ2n) is 11.7. The lowest BCUT2D eigenvalue weighted by Crippen LogP contribution is -2.11. The number of pyridine rings is 3. The minimum atomic E-state index is 0.458. The number of nitrogens with zero attached hydrogens (tertiary/aromatic N) is 4. The normalized spacial score (nSPS) is 11.1. The summed E-state index contributed by atoms with van der Waals surface area (Å²) >= 11 is 10.4. The summed E-state index contributed by atoms with van der Waals surface area (Å²) in [4.78, 5) is 15.3. The molecule has 0 spiro atoms. The quantitative estimate of drug-likeness (QED) is 0.117. The van der Waals surface area contributed by atoms with Crippen LogP contribution in [0.5, 0.6) is 0 Å². The number of aromatic nitrogens is 3. The minimum Gasteiger partial charge on any atom is -0.352 e. The van der Waals surface area contributed by atoms with Crippen LogP contribution in [0.4, 0.5) is 11.4 Å². The summed E-state index contributed by atoms with van der Waals surface area (Å²) in [7, 11) is 0. The smallest absolute Gasteiger partial charge is 0.103 e. The SMILES string of the molecule is Cc1cc(-c2csc(CNCc3ccncc3)c2)cc(Cl)c1Nc1c(C#N)cnc2cc(-c3csc(CNCc4ccncc4)c3)ccc12. The van der Waals surface area contributed by atoms with Gasteiger partial charge in [0.05, 0.1) is 27.5 Å². The van der Waals surface area contributed by atoms with Crippen molar-refractivity contribution in [2.75, 3.05) is 5.32 Å². The van der Waals surface area contributed by atoms with Gasteiger partial charge in [0, 0.05) is 72.3 Å². The molecule has 5 heterocycles.